The molecule has 0 saturated heterocycles. The van der Waals surface area contributed by atoms with E-state index in [-0.39, 0.29) is 61.0 Å². The number of carbonyl (C=O) groups is 4. The average molecular weight is 659 g/mol. The Hall–Kier alpha value is -3.36. The van der Waals surface area contributed by atoms with E-state index in [0.717, 1.165) is 0 Å². The molecule has 13 nitrogen and oxygen atoms in total. The Morgan fingerprint density at radius 3 is 2.25 bits per heavy atom. The van der Waals surface area contributed by atoms with Crippen LogP contribution in [0.3, 0.4) is 0 Å². The van der Waals surface area contributed by atoms with E-state index in [0.29, 0.717) is 23.7 Å². The van der Waals surface area contributed by atoms with Crippen molar-refractivity contribution in [3.8, 4) is 5.75 Å². The molecule has 2 amide bonds. The molecule has 4 rings (SSSR count). The van der Waals surface area contributed by atoms with E-state index >= 15 is 0 Å². The highest BCUT2D eigenvalue weighted by atomic mass is 35.5. The van der Waals surface area contributed by atoms with Crippen LogP contribution < -0.4 is 21.3 Å². The second kappa shape index (κ2) is 13.3. The molecule has 0 heterocycles. The van der Waals surface area contributed by atoms with Crippen LogP contribution in [0.15, 0.2) is 23.0 Å². The smallest absolute Gasteiger partial charge is 0.255 e. The van der Waals surface area contributed by atoms with Crippen LogP contribution in [0.2, 0.25) is 0 Å². The highest BCUT2D eigenvalue weighted by Crippen LogP contribution is 2.54. The summed E-state index contributed by atoms with van der Waals surface area (Å²) in [6.07, 6.45) is 0.124. The van der Waals surface area contributed by atoms with Crippen LogP contribution in [0.5, 0.6) is 5.75 Å². The molecular weight excluding hydrogens is 617 g/mol. The van der Waals surface area contributed by atoms with Gasteiger partial charge >= 0.3 is 0 Å². The number of hydrogen-bond acceptors (Lipinski definition) is 11. The summed E-state index contributed by atoms with van der Waals surface area (Å²) in [7, 11) is 6.59. The monoisotopic (exact) mass is 657 g/mol. The largest absolute Gasteiger partial charge is 0.508 e. The normalized spacial score (nSPS) is 24.2. The molecule has 244 valence electrons. The minimum absolute atomic E-state index is 0. The Morgan fingerprint density at radius 2 is 1.73 bits per heavy atom. The van der Waals surface area contributed by atoms with E-state index in [1.54, 1.807) is 39.2 Å². The Kier molecular flexibility index (Phi) is 11.2. The first-order chi connectivity index (χ1) is 19.5. The summed E-state index contributed by atoms with van der Waals surface area (Å²) in [6.45, 7) is 4.57. The SMILES string of the molecule is CC(C)CNCC(=O)Nc1cc(N(C)C)c2c(c1O)C(O)=C1C(=O)[C@]3(O)C(O)=C(C(N)=O)C(=O)[C@@H](N(C)C)C3CC1C2.Cl.Cl. The number of hydrogen-bond donors (Lipinski definition) is 7. The zero-order valence-electron chi connectivity index (χ0n) is 25.4. The molecule has 3 aliphatic carbocycles. The van der Waals surface area contributed by atoms with Crippen molar-refractivity contribution >= 4 is 65.3 Å². The molecule has 0 aromatic heterocycles. The highest BCUT2D eigenvalue weighted by Gasteiger charge is 2.64. The molecule has 0 bridgehead atoms. The van der Waals surface area contributed by atoms with Gasteiger partial charge in [-0.2, -0.15) is 0 Å². The molecule has 0 radical (unpaired) electrons. The van der Waals surface area contributed by atoms with E-state index in [2.05, 4.69) is 10.6 Å². The standard InChI is InChI=1S/C29H39N5O8.2ClH/c1-12(2)10-31-11-18(35)32-16-9-17(33(3)4)14-7-13-8-15-22(34(5)6)25(38)21(28(30)41)27(40)29(15,42)26(39)19(13)24(37)20(14)23(16)36;;/h9,12-13,15,22,31,36-37,40,42H,7-8,10-11H2,1-6H3,(H2,30,41)(H,32,35);2*1H/t13?,15?,22-,29-;;/m0../s1. The van der Waals surface area contributed by atoms with Crippen LogP contribution in [0.25, 0.3) is 5.76 Å². The number of phenols is 1. The van der Waals surface area contributed by atoms with Gasteiger partial charge in [0.2, 0.25) is 11.7 Å². The van der Waals surface area contributed by atoms with Gasteiger partial charge in [0.05, 0.1) is 23.8 Å². The fourth-order valence-electron chi connectivity index (χ4n) is 6.45. The number of amides is 2. The van der Waals surface area contributed by atoms with Crippen LogP contribution in [-0.2, 0) is 25.6 Å². The lowest BCUT2D eigenvalue weighted by Gasteiger charge is -2.50. The number of primary amides is 1. The quantitative estimate of drug-likeness (QED) is 0.155. The first-order valence-electron chi connectivity index (χ1n) is 13.7. The number of fused-ring (bicyclic) bond motifs is 3. The molecule has 15 heteroatoms. The maximum absolute atomic E-state index is 14.0. The lowest BCUT2D eigenvalue weighted by atomic mass is 9.57. The van der Waals surface area contributed by atoms with E-state index in [9.17, 15) is 39.6 Å². The number of ketones is 2. The van der Waals surface area contributed by atoms with E-state index in [1.807, 2.05) is 13.8 Å². The van der Waals surface area contributed by atoms with Crippen LogP contribution in [0.1, 0.15) is 31.4 Å². The molecule has 1 saturated carbocycles. The molecule has 8 N–H and O–H groups in total. The second-order valence-corrected chi connectivity index (χ2v) is 12.1. The van der Waals surface area contributed by atoms with Crippen molar-refractivity contribution in [3.05, 3.63) is 34.1 Å². The zero-order valence-corrected chi connectivity index (χ0v) is 27.1. The molecule has 2 unspecified atom stereocenters. The van der Waals surface area contributed by atoms with Gasteiger partial charge < -0.3 is 41.7 Å². The number of aliphatic hydroxyl groups is 3. The van der Waals surface area contributed by atoms with Crippen molar-refractivity contribution in [2.24, 2.45) is 23.5 Å². The van der Waals surface area contributed by atoms with E-state index < -0.39 is 69.7 Å². The Bertz CT molecular complexity index is 1440. The third-order valence-electron chi connectivity index (χ3n) is 8.29. The Labute approximate surface area is 268 Å². The number of nitrogens with two attached hydrogens (primary N) is 1. The number of nitrogens with one attached hydrogen (secondary N) is 2. The maximum atomic E-state index is 14.0. The number of aromatic hydroxyl groups is 1. The van der Waals surface area contributed by atoms with Gasteiger partial charge in [-0.15, -0.1) is 24.8 Å². The summed E-state index contributed by atoms with van der Waals surface area (Å²) >= 11 is 0. The first-order valence-corrected chi connectivity index (χ1v) is 13.7. The number of nitrogens with zero attached hydrogens (tertiary/aromatic N) is 2. The predicted octanol–water partition coefficient (Wildman–Crippen LogP) is 1.06. The molecule has 1 aromatic carbocycles. The fraction of sp³-hybridized carbons (Fsp3) is 0.517. The predicted molar refractivity (Wildman–Crippen MR) is 169 cm³/mol. The van der Waals surface area contributed by atoms with Gasteiger partial charge in [-0.1, -0.05) is 13.8 Å². The third-order valence-corrected chi connectivity index (χ3v) is 8.29. The van der Waals surface area contributed by atoms with Gasteiger partial charge in [0.25, 0.3) is 5.91 Å². The number of halogens is 2. The summed E-state index contributed by atoms with van der Waals surface area (Å²) in [6, 6.07) is 0.417. The molecular formula is C29H41Cl2N5O8. The highest BCUT2D eigenvalue weighted by molar-refractivity contribution is 6.24. The van der Waals surface area contributed by atoms with E-state index in [4.69, 9.17) is 5.73 Å². The van der Waals surface area contributed by atoms with Crippen LogP contribution in [-0.4, -0.2) is 102 Å². The molecule has 1 fully saturated rings. The molecule has 0 spiro atoms. The summed E-state index contributed by atoms with van der Waals surface area (Å²) < 4.78 is 0. The topological polar surface area (TPSA) is 206 Å². The molecule has 0 aliphatic heterocycles. The van der Waals surface area contributed by atoms with E-state index in [1.165, 1.54) is 4.90 Å². The third kappa shape index (κ3) is 5.86. The van der Waals surface area contributed by atoms with Gasteiger partial charge in [0.15, 0.2) is 11.4 Å². The van der Waals surface area contributed by atoms with Gasteiger partial charge in [0, 0.05) is 31.3 Å². The molecule has 1 aromatic rings. The van der Waals surface area contributed by atoms with Crippen molar-refractivity contribution in [2.45, 2.75) is 38.3 Å². The number of anilines is 2. The average Bonchev–Trinajstić information content (AvgIpc) is 2.87. The number of Topliss-reactive ketones (excluding diaryl/α,β-unsaturated/α-hetero) is 2. The molecule has 4 atom stereocenters. The second-order valence-electron chi connectivity index (χ2n) is 12.1. The lowest BCUT2D eigenvalue weighted by molar-refractivity contribution is -0.153. The number of phenolic OH excluding ortho intramolecular Hbond substituents is 1. The summed E-state index contributed by atoms with van der Waals surface area (Å²) in [4.78, 5) is 55.3. The van der Waals surface area contributed by atoms with Crippen molar-refractivity contribution in [1.29, 1.82) is 0 Å². The fourth-order valence-corrected chi connectivity index (χ4v) is 6.45. The van der Waals surface area contributed by atoms with Crippen LogP contribution >= 0.6 is 24.8 Å². The zero-order chi connectivity index (χ0) is 31.4. The van der Waals surface area contributed by atoms with Crippen molar-refractivity contribution < 1.29 is 39.6 Å². The van der Waals surface area contributed by atoms with Crippen LogP contribution in [0.4, 0.5) is 11.4 Å². The number of likely N-dealkylation sites (N-methyl/N-ethyl adjacent to an activating group) is 1. The maximum Gasteiger partial charge on any atom is 0.255 e. The summed E-state index contributed by atoms with van der Waals surface area (Å²) in [5.41, 5.74) is 2.49. The Balaban J connectivity index is 0.00000337. The molecule has 44 heavy (non-hydrogen) atoms. The number of rotatable bonds is 8. The van der Waals surface area contributed by atoms with Gasteiger partial charge in [0.1, 0.15) is 22.8 Å². The summed E-state index contributed by atoms with van der Waals surface area (Å²) in [5, 5.41) is 51.2. The minimum atomic E-state index is -2.72. The number of aliphatic hydroxyl groups excluding tert-OH is 2. The number of benzene rings is 1. The number of carbonyl (C=O) groups excluding carboxylic acids is 4. The van der Waals surface area contributed by atoms with Gasteiger partial charge in [-0.05, 0) is 56.9 Å². The first kappa shape index (κ1) is 36.8. The van der Waals surface area contributed by atoms with Gasteiger partial charge in [-0.25, -0.2) is 0 Å². The van der Waals surface area contributed by atoms with Crippen molar-refractivity contribution in [1.82, 2.24) is 10.2 Å². The summed E-state index contributed by atoms with van der Waals surface area (Å²) in [5.74, 6) is -7.42. The van der Waals surface area contributed by atoms with Crippen molar-refractivity contribution in [2.75, 3.05) is 51.5 Å². The lowest BCUT2D eigenvalue weighted by Crippen LogP contribution is -2.65. The van der Waals surface area contributed by atoms with Crippen LogP contribution in [0, 0.1) is 17.8 Å². The Morgan fingerprint density at radius 1 is 1.11 bits per heavy atom. The van der Waals surface area contributed by atoms with Crippen molar-refractivity contribution in [3.63, 3.8) is 0 Å². The van der Waals surface area contributed by atoms with Gasteiger partial charge in [-0.3, -0.25) is 24.1 Å². The molecule has 3 aliphatic rings. The minimum Gasteiger partial charge on any atom is -0.508 e.